The first kappa shape index (κ1) is 14.3. The predicted octanol–water partition coefficient (Wildman–Crippen LogP) is 4.01. The molecule has 0 unspecified atom stereocenters. The fourth-order valence-electron chi connectivity index (χ4n) is 1.80. The van der Waals surface area contributed by atoms with Crippen LogP contribution in [0.4, 0.5) is 17.1 Å². The van der Waals surface area contributed by atoms with Crippen molar-refractivity contribution in [1.82, 2.24) is 0 Å². The number of nitrogens with one attached hydrogen (secondary N) is 2. The molecule has 0 aliphatic rings. The maximum Gasteiger partial charge on any atom is 0.273 e. The van der Waals surface area contributed by atoms with Gasteiger partial charge in [0.25, 0.3) is 5.69 Å². The second kappa shape index (κ2) is 6.38. The Kier molecular flexibility index (Phi) is 4.57. The van der Waals surface area contributed by atoms with Gasteiger partial charge in [-0.15, -0.1) is 0 Å². The van der Waals surface area contributed by atoms with E-state index in [1.165, 1.54) is 12.1 Å². The van der Waals surface area contributed by atoms with Gasteiger partial charge in [-0.1, -0.05) is 34.1 Å². The molecule has 0 amide bonds. The van der Waals surface area contributed by atoms with Gasteiger partial charge in [0.1, 0.15) is 0 Å². The Morgan fingerprint density at radius 3 is 2.55 bits per heavy atom. The van der Waals surface area contributed by atoms with Gasteiger partial charge < -0.3 is 10.6 Å². The molecule has 2 aromatic carbocycles. The van der Waals surface area contributed by atoms with Gasteiger partial charge in [-0.05, 0) is 17.7 Å². The summed E-state index contributed by atoms with van der Waals surface area (Å²) in [6.45, 7) is 0.589. The van der Waals surface area contributed by atoms with E-state index in [1.807, 2.05) is 30.3 Å². The molecule has 0 heterocycles. The molecule has 0 aliphatic carbocycles. The lowest BCUT2D eigenvalue weighted by atomic mass is 10.2. The highest BCUT2D eigenvalue weighted by molar-refractivity contribution is 9.10. The van der Waals surface area contributed by atoms with Crippen molar-refractivity contribution in [3.8, 4) is 0 Å². The monoisotopic (exact) mass is 335 g/mol. The van der Waals surface area contributed by atoms with E-state index in [-0.39, 0.29) is 5.69 Å². The van der Waals surface area contributed by atoms with E-state index in [4.69, 9.17) is 0 Å². The molecule has 5 nitrogen and oxygen atoms in total. The van der Waals surface area contributed by atoms with Crippen LogP contribution in [-0.4, -0.2) is 12.0 Å². The third-order valence-electron chi connectivity index (χ3n) is 2.86. The smallest absolute Gasteiger partial charge is 0.273 e. The van der Waals surface area contributed by atoms with Crippen LogP contribution in [0.25, 0.3) is 0 Å². The summed E-state index contributed by atoms with van der Waals surface area (Å²) >= 11 is 3.48. The number of halogens is 1. The molecule has 0 saturated carbocycles. The molecular weight excluding hydrogens is 322 g/mol. The second-order valence-electron chi connectivity index (χ2n) is 4.22. The molecule has 2 aromatic rings. The molecule has 0 aliphatic heterocycles. The number of hydrogen-bond donors (Lipinski definition) is 2. The minimum Gasteiger partial charge on any atom is -0.388 e. The van der Waals surface area contributed by atoms with Crippen LogP contribution in [-0.2, 0) is 6.54 Å². The van der Waals surface area contributed by atoms with Crippen molar-refractivity contribution >= 4 is 33.0 Å². The highest BCUT2D eigenvalue weighted by Gasteiger charge is 2.09. The summed E-state index contributed by atoms with van der Waals surface area (Å²) in [4.78, 5) is 10.5. The molecule has 20 heavy (non-hydrogen) atoms. The van der Waals surface area contributed by atoms with E-state index in [0.717, 1.165) is 10.0 Å². The summed E-state index contributed by atoms with van der Waals surface area (Å²) in [7, 11) is 1.73. The van der Waals surface area contributed by atoms with Crippen molar-refractivity contribution in [2.45, 2.75) is 6.54 Å². The number of rotatable bonds is 5. The number of benzene rings is 2. The van der Waals surface area contributed by atoms with Crippen LogP contribution in [0.15, 0.2) is 46.9 Å². The summed E-state index contributed by atoms with van der Waals surface area (Å²) in [5, 5.41) is 17.0. The van der Waals surface area contributed by atoms with Gasteiger partial charge in [-0.3, -0.25) is 10.1 Å². The van der Waals surface area contributed by atoms with Gasteiger partial charge in [0.05, 0.1) is 4.92 Å². The first-order chi connectivity index (χ1) is 9.60. The van der Waals surface area contributed by atoms with E-state index >= 15 is 0 Å². The number of anilines is 2. The standard InChI is InChI=1S/C14H14BrN3O2/c1-16-11-6-12(8-13(7-11)18(19)20)17-9-10-4-2-3-5-14(10)15/h2-8,16-17H,9H2,1H3. The third kappa shape index (κ3) is 3.48. The lowest BCUT2D eigenvalue weighted by Crippen LogP contribution is -2.02. The third-order valence-corrected chi connectivity index (χ3v) is 3.63. The maximum absolute atomic E-state index is 10.9. The van der Waals surface area contributed by atoms with Crippen molar-refractivity contribution in [3.05, 3.63) is 62.6 Å². The summed E-state index contributed by atoms with van der Waals surface area (Å²) < 4.78 is 1.01. The van der Waals surface area contributed by atoms with Crippen LogP contribution in [0, 0.1) is 10.1 Å². The van der Waals surface area contributed by atoms with Crippen LogP contribution in [0.3, 0.4) is 0 Å². The highest BCUT2D eigenvalue weighted by atomic mass is 79.9. The lowest BCUT2D eigenvalue weighted by molar-refractivity contribution is -0.384. The normalized spacial score (nSPS) is 10.1. The number of nitro benzene ring substituents is 1. The van der Waals surface area contributed by atoms with E-state index in [1.54, 1.807) is 7.05 Å². The Labute approximate surface area is 125 Å². The van der Waals surface area contributed by atoms with E-state index in [2.05, 4.69) is 26.6 Å². The van der Waals surface area contributed by atoms with Crippen LogP contribution < -0.4 is 10.6 Å². The van der Waals surface area contributed by atoms with Crippen molar-refractivity contribution in [1.29, 1.82) is 0 Å². The van der Waals surface area contributed by atoms with Gasteiger partial charge in [-0.2, -0.15) is 0 Å². The van der Waals surface area contributed by atoms with Gasteiger partial charge in [0, 0.05) is 41.6 Å². The fourth-order valence-corrected chi connectivity index (χ4v) is 2.23. The van der Waals surface area contributed by atoms with Crippen LogP contribution >= 0.6 is 15.9 Å². The average molecular weight is 336 g/mol. The molecule has 2 N–H and O–H groups in total. The minimum absolute atomic E-state index is 0.0616. The van der Waals surface area contributed by atoms with Crippen LogP contribution in [0.5, 0.6) is 0 Å². The van der Waals surface area contributed by atoms with Gasteiger partial charge >= 0.3 is 0 Å². The Bertz CT molecular complexity index is 632. The quantitative estimate of drug-likeness (QED) is 0.639. The zero-order valence-corrected chi connectivity index (χ0v) is 12.5. The molecule has 104 valence electrons. The van der Waals surface area contributed by atoms with Gasteiger partial charge in [-0.25, -0.2) is 0 Å². The zero-order chi connectivity index (χ0) is 14.5. The van der Waals surface area contributed by atoms with Crippen LogP contribution in [0.2, 0.25) is 0 Å². The fraction of sp³-hybridized carbons (Fsp3) is 0.143. The van der Waals surface area contributed by atoms with Crippen molar-refractivity contribution in [2.24, 2.45) is 0 Å². The lowest BCUT2D eigenvalue weighted by Gasteiger charge is -2.10. The minimum atomic E-state index is -0.398. The number of non-ortho nitro benzene ring substituents is 1. The molecule has 0 aromatic heterocycles. The predicted molar refractivity (Wildman–Crippen MR) is 84.1 cm³/mol. The topological polar surface area (TPSA) is 67.2 Å². The molecular formula is C14H14BrN3O2. The largest absolute Gasteiger partial charge is 0.388 e. The summed E-state index contributed by atoms with van der Waals surface area (Å²) in [6, 6.07) is 12.7. The van der Waals surface area contributed by atoms with Crippen molar-refractivity contribution in [3.63, 3.8) is 0 Å². The molecule has 0 atom stereocenters. The second-order valence-corrected chi connectivity index (χ2v) is 5.07. The summed E-state index contributed by atoms with van der Waals surface area (Å²) in [5.74, 6) is 0. The van der Waals surface area contributed by atoms with E-state index in [0.29, 0.717) is 17.9 Å². The molecule has 0 radical (unpaired) electrons. The Balaban J connectivity index is 2.19. The van der Waals surface area contributed by atoms with Crippen molar-refractivity contribution in [2.75, 3.05) is 17.7 Å². The van der Waals surface area contributed by atoms with Crippen molar-refractivity contribution < 1.29 is 4.92 Å². The van der Waals surface area contributed by atoms with Gasteiger partial charge in [0.2, 0.25) is 0 Å². The van der Waals surface area contributed by atoms with Crippen LogP contribution in [0.1, 0.15) is 5.56 Å². The number of nitrogens with zero attached hydrogens (tertiary/aromatic N) is 1. The molecule has 0 saturated heterocycles. The summed E-state index contributed by atoms with van der Waals surface area (Å²) in [5.41, 5.74) is 2.56. The molecule has 0 bridgehead atoms. The average Bonchev–Trinajstić information content (AvgIpc) is 2.46. The molecule has 2 rings (SSSR count). The van der Waals surface area contributed by atoms with Gasteiger partial charge in [0.15, 0.2) is 0 Å². The molecule has 0 fully saturated rings. The first-order valence-electron chi connectivity index (χ1n) is 6.04. The number of nitro groups is 1. The summed E-state index contributed by atoms with van der Waals surface area (Å²) in [6.07, 6.45) is 0. The molecule has 6 heteroatoms. The Hall–Kier alpha value is -2.08. The highest BCUT2D eigenvalue weighted by Crippen LogP contribution is 2.25. The Morgan fingerprint density at radius 2 is 1.90 bits per heavy atom. The van der Waals surface area contributed by atoms with E-state index < -0.39 is 4.92 Å². The number of hydrogen-bond acceptors (Lipinski definition) is 4. The van der Waals surface area contributed by atoms with E-state index in [9.17, 15) is 10.1 Å². The molecule has 0 spiro atoms. The Morgan fingerprint density at radius 1 is 1.20 bits per heavy atom. The SMILES string of the molecule is CNc1cc(NCc2ccccc2Br)cc([N+](=O)[O-])c1. The zero-order valence-electron chi connectivity index (χ0n) is 10.9. The first-order valence-corrected chi connectivity index (χ1v) is 6.84. The maximum atomic E-state index is 10.9.